The van der Waals surface area contributed by atoms with Crippen molar-refractivity contribution in [2.24, 2.45) is 0 Å². The maximum absolute atomic E-state index is 12.9. The van der Waals surface area contributed by atoms with Gasteiger partial charge in [-0.3, -0.25) is 14.5 Å². The van der Waals surface area contributed by atoms with Crippen molar-refractivity contribution in [1.29, 1.82) is 0 Å². The maximum atomic E-state index is 12.9. The van der Waals surface area contributed by atoms with E-state index in [0.717, 1.165) is 16.0 Å². The molecule has 0 spiro atoms. The van der Waals surface area contributed by atoms with Crippen LogP contribution in [0.3, 0.4) is 0 Å². The molecule has 31 heavy (non-hydrogen) atoms. The zero-order valence-electron chi connectivity index (χ0n) is 17.1. The standard InChI is InChI=1S/C23H21N3O5/c1-15-8-10-17(11-9-15)23(2)21(28)26(22(29)25-23)13-20(27)30-14-19-24-12-18(31-19)16-6-4-3-5-7-16/h3-12H,13-14H2,1-2H3,(H,25,29)/t23-/m0/s1. The van der Waals surface area contributed by atoms with Gasteiger partial charge >= 0.3 is 12.0 Å². The van der Waals surface area contributed by atoms with Gasteiger partial charge in [-0.25, -0.2) is 9.78 Å². The van der Waals surface area contributed by atoms with Crippen LogP contribution in [0, 0.1) is 6.92 Å². The molecular formula is C23H21N3O5. The number of nitrogens with one attached hydrogen (secondary N) is 1. The van der Waals surface area contributed by atoms with Gasteiger partial charge in [-0.1, -0.05) is 60.2 Å². The predicted octanol–water partition coefficient (Wildman–Crippen LogP) is 3.16. The molecule has 8 nitrogen and oxygen atoms in total. The Morgan fingerprint density at radius 1 is 1.13 bits per heavy atom. The highest BCUT2D eigenvalue weighted by Gasteiger charge is 2.49. The monoisotopic (exact) mass is 419 g/mol. The van der Waals surface area contributed by atoms with Gasteiger partial charge in [0.25, 0.3) is 5.91 Å². The average Bonchev–Trinajstić information content (AvgIpc) is 3.33. The van der Waals surface area contributed by atoms with Gasteiger partial charge < -0.3 is 14.5 Å². The lowest BCUT2D eigenvalue weighted by Gasteiger charge is -2.22. The number of amides is 3. The van der Waals surface area contributed by atoms with E-state index >= 15 is 0 Å². The van der Waals surface area contributed by atoms with Crippen molar-refractivity contribution in [3.8, 4) is 11.3 Å². The summed E-state index contributed by atoms with van der Waals surface area (Å²) >= 11 is 0. The van der Waals surface area contributed by atoms with Crippen molar-refractivity contribution >= 4 is 17.9 Å². The highest BCUT2D eigenvalue weighted by molar-refractivity contribution is 6.08. The Hall–Kier alpha value is -3.94. The fourth-order valence-corrected chi connectivity index (χ4v) is 3.35. The largest absolute Gasteiger partial charge is 0.454 e. The highest BCUT2D eigenvalue weighted by Crippen LogP contribution is 2.29. The smallest absolute Gasteiger partial charge is 0.326 e. The normalized spacial score (nSPS) is 18.2. The number of hydrogen-bond acceptors (Lipinski definition) is 6. The molecule has 0 saturated carbocycles. The summed E-state index contributed by atoms with van der Waals surface area (Å²) < 4.78 is 10.7. The second-order valence-electron chi connectivity index (χ2n) is 7.46. The zero-order valence-corrected chi connectivity index (χ0v) is 17.1. The van der Waals surface area contributed by atoms with Crippen LogP contribution in [0.2, 0.25) is 0 Å². The van der Waals surface area contributed by atoms with Crippen LogP contribution in [0.1, 0.15) is 23.9 Å². The second-order valence-corrected chi connectivity index (χ2v) is 7.46. The first-order valence-corrected chi connectivity index (χ1v) is 9.74. The van der Waals surface area contributed by atoms with E-state index in [-0.39, 0.29) is 12.5 Å². The molecule has 3 amide bonds. The number of hydrogen-bond donors (Lipinski definition) is 1. The van der Waals surface area contributed by atoms with Crippen molar-refractivity contribution in [3.05, 3.63) is 77.8 Å². The third kappa shape index (κ3) is 4.05. The van der Waals surface area contributed by atoms with E-state index in [1.807, 2.05) is 49.4 Å². The molecule has 8 heteroatoms. The van der Waals surface area contributed by atoms with E-state index in [9.17, 15) is 14.4 Å². The number of urea groups is 1. The minimum absolute atomic E-state index is 0.204. The number of carbonyl (C=O) groups excluding carboxylic acids is 3. The van der Waals surface area contributed by atoms with Crippen LogP contribution < -0.4 is 5.32 Å². The first-order valence-electron chi connectivity index (χ1n) is 9.74. The number of rotatable bonds is 6. The minimum Gasteiger partial charge on any atom is -0.454 e. The zero-order chi connectivity index (χ0) is 22.0. The van der Waals surface area contributed by atoms with E-state index in [2.05, 4.69) is 10.3 Å². The average molecular weight is 419 g/mol. The molecule has 1 aromatic heterocycles. The van der Waals surface area contributed by atoms with Gasteiger partial charge in [0.1, 0.15) is 12.1 Å². The molecule has 1 fully saturated rings. The number of nitrogens with zero attached hydrogens (tertiary/aromatic N) is 2. The molecular weight excluding hydrogens is 398 g/mol. The Morgan fingerprint density at radius 2 is 1.84 bits per heavy atom. The van der Waals surface area contributed by atoms with Gasteiger partial charge in [0, 0.05) is 5.56 Å². The van der Waals surface area contributed by atoms with E-state index in [0.29, 0.717) is 11.3 Å². The van der Waals surface area contributed by atoms with Gasteiger partial charge in [-0.15, -0.1) is 0 Å². The van der Waals surface area contributed by atoms with E-state index < -0.39 is 30.0 Å². The molecule has 0 unspecified atom stereocenters. The third-order valence-corrected chi connectivity index (χ3v) is 5.16. The molecule has 1 aliphatic heterocycles. The third-order valence-electron chi connectivity index (χ3n) is 5.16. The van der Waals surface area contributed by atoms with Gasteiger partial charge in [0.2, 0.25) is 5.89 Å². The molecule has 1 N–H and O–H groups in total. The van der Waals surface area contributed by atoms with Gasteiger partial charge in [0.05, 0.1) is 6.20 Å². The lowest BCUT2D eigenvalue weighted by molar-refractivity contribution is -0.149. The Balaban J connectivity index is 1.37. The van der Waals surface area contributed by atoms with Gasteiger partial charge in [0.15, 0.2) is 12.4 Å². The number of benzene rings is 2. The quantitative estimate of drug-likeness (QED) is 0.486. The summed E-state index contributed by atoms with van der Waals surface area (Å²) in [6.45, 7) is 2.84. The number of esters is 1. The number of aryl methyl sites for hydroxylation is 1. The fraction of sp³-hybridized carbons (Fsp3) is 0.217. The molecule has 2 aromatic carbocycles. The SMILES string of the molecule is Cc1ccc([C@]2(C)NC(=O)N(CC(=O)OCc3ncc(-c4ccccc4)o3)C2=O)cc1. The van der Waals surface area contributed by atoms with Crippen molar-refractivity contribution in [2.75, 3.05) is 6.54 Å². The van der Waals surface area contributed by atoms with Crippen LogP contribution in [0.4, 0.5) is 4.79 Å². The van der Waals surface area contributed by atoms with Gasteiger partial charge in [-0.2, -0.15) is 0 Å². The Morgan fingerprint density at radius 3 is 2.55 bits per heavy atom. The Bertz CT molecular complexity index is 1120. The van der Waals surface area contributed by atoms with Crippen LogP contribution in [0.5, 0.6) is 0 Å². The number of aromatic nitrogens is 1. The van der Waals surface area contributed by atoms with Crippen molar-refractivity contribution in [2.45, 2.75) is 26.0 Å². The molecule has 3 aromatic rings. The fourth-order valence-electron chi connectivity index (χ4n) is 3.35. The lowest BCUT2D eigenvalue weighted by Crippen LogP contribution is -2.41. The molecule has 1 saturated heterocycles. The molecule has 158 valence electrons. The van der Waals surface area contributed by atoms with E-state index in [4.69, 9.17) is 9.15 Å². The van der Waals surface area contributed by atoms with Gasteiger partial charge in [-0.05, 0) is 19.4 Å². The summed E-state index contributed by atoms with van der Waals surface area (Å²) in [6.07, 6.45) is 1.54. The summed E-state index contributed by atoms with van der Waals surface area (Å²) in [5, 5.41) is 2.67. The number of oxazole rings is 1. The summed E-state index contributed by atoms with van der Waals surface area (Å²) in [4.78, 5) is 42.5. The van der Waals surface area contributed by atoms with Crippen LogP contribution in [-0.4, -0.2) is 34.3 Å². The lowest BCUT2D eigenvalue weighted by atomic mass is 9.91. The first kappa shape index (κ1) is 20.3. The predicted molar refractivity (Wildman–Crippen MR) is 111 cm³/mol. The molecule has 1 aliphatic rings. The molecule has 0 radical (unpaired) electrons. The number of ether oxygens (including phenoxy) is 1. The van der Waals surface area contributed by atoms with E-state index in [1.54, 1.807) is 25.3 Å². The van der Waals surface area contributed by atoms with Crippen molar-refractivity contribution < 1.29 is 23.5 Å². The van der Waals surface area contributed by atoms with Crippen LogP contribution in [-0.2, 0) is 26.5 Å². The first-order chi connectivity index (χ1) is 14.9. The van der Waals surface area contributed by atoms with Crippen LogP contribution in [0.25, 0.3) is 11.3 Å². The summed E-state index contributed by atoms with van der Waals surface area (Å²) in [6, 6.07) is 16.0. The Kier molecular flexibility index (Phi) is 5.29. The summed E-state index contributed by atoms with van der Waals surface area (Å²) in [7, 11) is 0. The summed E-state index contributed by atoms with van der Waals surface area (Å²) in [5.74, 6) is -0.486. The second kappa shape index (κ2) is 8.06. The Labute approximate surface area is 178 Å². The number of imide groups is 1. The molecule has 4 rings (SSSR count). The highest BCUT2D eigenvalue weighted by atomic mass is 16.5. The molecule has 0 aliphatic carbocycles. The van der Waals surface area contributed by atoms with Crippen molar-refractivity contribution in [1.82, 2.24) is 15.2 Å². The van der Waals surface area contributed by atoms with Crippen LogP contribution in [0.15, 0.2) is 65.2 Å². The molecule has 2 heterocycles. The van der Waals surface area contributed by atoms with Crippen LogP contribution >= 0.6 is 0 Å². The van der Waals surface area contributed by atoms with E-state index in [1.165, 1.54) is 0 Å². The topological polar surface area (TPSA) is 102 Å². The van der Waals surface area contributed by atoms with Crippen molar-refractivity contribution in [3.63, 3.8) is 0 Å². The minimum atomic E-state index is -1.24. The summed E-state index contributed by atoms with van der Waals surface area (Å²) in [5.41, 5.74) is 1.28. The molecule has 0 bridgehead atoms. The molecule has 1 atom stereocenters. The maximum Gasteiger partial charge on any atom is 0.326 e. The number of carbonyl (C=O) groups is 3.